The summed E-state index contributed by atoms with van der Waals surface area (Å²) in [5.41, 5.74) is 5.70. The van der Waals surface area contributed by atoms with E-state index in [9.17, 15) is 8.78 Å². The quantitative estimate of drug-likeness (QED) is 0.875. The largest absolute Gasteiger partial charge is 0.329 e. The third-order valence-electron chi connectivity index (χ3n) is 3.32. The second-order valence-electron chi connectivity index (χ2n) is 4.38. The minimum atomic E-state index is -2.52. The van der Waals surface area contributed by atoms with E-state index in [2.05, 4.69) is 9.88 Å². The summed E-state index contributed by atoms with van der Waals surface area (Å²) in [6.45, 7) is -0.569. The fraction of sp³-hybridized carbons (Fsp3) is 0.727. The van der Waals surface area contributed by atoms with Crippen molar-refractivity contribution in [2.45, 2.75) is 38.4 Å². The Labute approximate surface area is 99.4 Å². The number of aromatic nitrogens is 2. The molecule has 6 heteroatoms. The lowest BCUT2D eigenvalue weighted by atomic mass is 10.0. The molecule has 1 saturated heterocycles. The van der Waals surface area contributed by atoms with Crippen LogP contribution in [0.1, 0.15) is 31.6 Å². The summed E-state index contributed by atoms with van der Waals surface area (Å²) in [6, 6.07) is 0.298. The highest BCUT2D eigenvalue weighted by Crippen LogP contribution is 2.20. The third-order valence-corrected chi connectivity index (χ3v) is 3.32. The maximum absolute atomic E-state index is 12.7. The molecule has 2 heterocycles. The minimum Gasteiger partial charge on any atom is -0.329 e. The van der Waals surface area contributed by atoms with Gasteiger partial charge in [0.05, 0.1) is 6.54 Å². The predicted octanol–water partition coefficient (Wildman–Crippen LogP) is 1.59. The van der Waals surface area contributed by atoms with Crippen molar-refractivity contribution in [2.75, 3.05) is 13.1 Å². The molecule has 1 aliphatic rings. The molecule has 1 atom stereocenters. The summed E-state index contributed by atoms with van der Waals surface area (Å²) in [7, 11) is 0. The van der Waals surface area contributed by atoms with E-state index >= 15 is 0 Å². The van der Waals surface area contributed by atoms with Gasteiger partial charge in [-0.1, -0.05) is 6.42 Å². The number of nitrogens with two attached hydrogens (primary N) is 1. The Morgan fingerprint density at radius 1 is 1.47 bits per heavy atom. The lowest BCUT2D eigenvalue weighted by Crippen LogP contribution is -2.43. The SMILES string of the molecule is NCC1CCCCN1Cc1nccn1C(F)F. The molecule has 2 rings (SSSR count). The molecular formula is C11H18F2N4. The Hall–Kier alpha value is -1.01. The Kier molecular flexibility index (Phi) is 4.06. The molecule has 2 N–H and O–H groups in total. The molecule has 0 aromatic carbocycles. The number of halogens is 2. The molecule has 0 saturated carbocycles. The first-order valence-electron chi connectivity index (χ1n) is 5.96. The van der Waals surface area contributed by atoms with Gasteiger partial charge in [0.2, 0.25) is 0 Å². The van der Waals surface area contributed by atoms with Gasteiger partial charge in [-0.2, -0.15) is 8.78 Å². The monoisotopic (exact) mass is 244 g/mol. The van der Waals surface area contributed by atoms with Gasteiger partial charge >= 0.3 is 6.55 Å². The number of imidazole rings is 1. The zero-order valence-corrected chi connectivity index (χ0v) is 9.73. The Balaban J connectivity index is 2.05. The summed E-state index contributed by atoms with van der Waals surface area (Å²) in [5, 5.41) is 0. The van der Waals surface area contributed by atoms with Crippen molar-refractivity contribution in [3.05, 3.63) is 18.2 Å². The summed E-state index contributed by atoms with van der Waals surface area (Å²) in [4.78, 5) is 6.16. The van der Waals surface area contributed by atoms with Crippen LogP contribution >= 0.6 is 0 Å². The third kappa shape index (κ3) is 2.81. The van der Waals surface area contributed by atoms with Gasteiger partial charge in [-0.3, -0.25) is 9.47 Å². The smallest absolute Gasteiger partial charge is 0.319 e. The molecule has 17 heavy (non-hydrogen) atoms. The fourth-order valence-electron chi connectivity index (χ4n) is 2.36. The van der Waals surface area contributed by atoms with E-state index in [1.807, 2.05) is 0 Å². The Morgan fingerprint density at radius 2 is 2.29 bits per heavy atom. The number of rotatable bonds is 4. The molecule has 96 valence electrons. The van der Waals surface area contributed by atoms with Crippen LogP contribution in [0.15, 0.2) is 12.4 Å². The number of hydrogen-bond donors (Lipinski definition) is 1. The molecule has 0 amide bonds. The molecule has 1 unspecified atom stereocenters. The van der Waals surface area contributed by atoms with Crippen molar-refractivity contribution in [1.82, 2.24) is 14.5 Å². The minimum absolute atomic E-state index is 0.298. The normalized spacial score (nSPS) is 22.2. The summed E-state index contributed by atoms with van der Waals surface area (Å²) in [6.07, 6.45) is 6.06. The summed E-state index contributed by atoms with van der Waals surface area (Å²) >= 11 is 0. The van der Waals surface area contributed by atoms with Crippen molar-refractivity contribution in [3.63, 3.8) is 0 Å². The zero-order valence-electron chi connectivity index (χ0n) is 9.73. The highest BCUT2D eigenvalue weighted by Gasteiger charge is 2.23. The number of nitrogens with zero attached hydrogens (tertiary/aromatic N) is 3. The van der Waals surface area contributed by atoms with E-state index in [1.54, 1.807) is 0 Å². The van der Waals surface area contributed by atoms with Gasteiger partial charge in [0.25, 0.3) is 0 Å². The molecular weight excluding hydrogens is 226 g/mol. The average Bonchev–Trinajstić information content (AvgIpc) is 2.78. The van der Waals surface area contributed by atoms with Crippen LogP contribution in [0.25, 0.3) is 0 Å². The first-order valence-corrected chi connectivity index (χ1v) is 5.96. The first-order chi connectivity index (χ1) is 8.22. The maximum Gasteiger partial charge on any atom is 0.319 e. The average molecular weight is 244 g/mol. The number of likely N-dealkylation sites (tertiary alicyclic amines) is 1. The molecule has 1 aliphatic heterocycles. The van der Waals surface area contributed by atoms with Crippen molar-refractivity contribution < 1.29 is 8.78 Å². The van der Waals surface area contributed by atoms with Crippen LogP contribution in [0, 0.1) is 0 Å². The van der Waals surface area contributed by atoms with Gasteiger partial charge in [0.15, 0.2) is 0 Å². The molecule has 0 aliphatic carbocycles. The van der Waals surface area contributed by atoms with Crippen molar-refractivity contribution in [2.24, 2.45) is 5.73 Å². The van der Waals surface area contributed by atoms with Gasteiger partial charge in [0.1, 0.15) is 5.82 Å². The topological polar surface area (TPSA) is 47.1 Å². The van der Waals surface area contributed by atoms with E-state index in [4.69, 9.17) is 5.73 Å². The fourth-order valence-corrected chi connectivity index (χ4v) is 2.36. The first kappa shape index (κ1) is 12.4. The highest BCUT2D eigenvalue weighted by atomic mass is 19.3. The Morgan fingerprint density at radius 3 is 3.00 bits per heavy atom. The predicted molar refractivity (Wildman–Crippen MR) is 60.6 cm³/mol. The van der Waals surface area contributed by atoms with Gasteiger partial charge in [-0.25, -0.2) is 4.98 Å². The number of alkyl halides is 2. The van der Waals surface area contributed by atoms with Gasteiger partial charge in [0, 0.05) is 25.0 Å². The van der Waals surface area contributed by atoms with Crippen LogP contribution in [-0.2, 0) is 6.54 Å². The highest BCUT2D eigenvalue weighted by molar-refractivity contribution is 4.94. The van der Waals surface area contributed by atoms with Crippen LogP contribution in [0.3, 0.4) is 0 Å². The van der Waals surface area contributed by atoms with Crippen LogP contribution in [-0.4, -0.2) is 33.6 Å². The molecule has 0 bridgehead atoms. The van der Waals surface area contributed by atoms with E-state index in [0.717, 1.165) is 24.0 Å². The number of piperidine rings is 1. The van der Waals surface area contributed by atoms with Crippen molar-refractivity contribution >= 4 is 0 Å². The number of hydrogen-bond acceptors (Lipinski definition) is 3. The Bertz CT molecular complexity index is 353. The van der Waals surface area contributed by atoms with E-state index in [-0.39, 0.29) is 0 Å². The van der Waals surface area contributed by atoms with Gasteiger partial charge < -0.3 is 5.73 Å². The van der Waals surface area contributed by atoms with Gasteiger partial charge in [-0.05, 0) is 19.4 Å². The lowest BCUT2D eigenvalue weighted by Gasteiger charge is -2.34. The van der Waals surface area contributed by atoms with Gasteiger partial charge in [-0.15, -0.1) is 0 Å². The molecule has 0 spiro atoms. The molecule has 1 aromatic heterocycles. The molecule has 0 radical (unpaired) electrons. The lowest BCUT2D eigenvalue weighted by molar-refractivity contribution is 0.0600. The molecule has 1 fully saturated rings. The second kappa shape index (κ2) is 5.55. The molecule has 4 nitrogen and oxygen atoms in total. The zero-order chi connectivity index (χ0) is 12.3. The summed E-state index contributed by atoms with van der Waals surface area (Å²) in [5.74, 6) is 0.417. The van der Waals surface area contributed by atoms with Crippen LogP contribution in [0.5, 0.6) is 0 Å². The van der Waals surface area contributed by atoms with Crippen molar-refractivity contribution in [1.29, 1.82) is 0 Å². The van der Waals surface area contributed by atoms with E-state index in [0.29, 0.717) is 25.0 Å². The van der Waals surface area contributed by atoms with Crippen LogP contribution in [0.2, 0.25) is 0 Å². The second-order valence-corrected chi connectivity index (χ2v) is 4.38. The van der Waals surface area contributed by atoms with E-state index < -0.39 is 6.55 Å². The van der Waals surface area contributed by atoms with Crippen LogP contribution < -0.4 is 5.73 Å². The van der Waals surface area contributed by atoms with E-state index in [1.165, 1.54) is 18.8 Å². The summed E-state index contributed by atoms with van der Waals surface area (Å²) < 4.78 is 26.3. The van der Waals surface area contributed by atoms with Crippen molar-refractivity contribution in [3.8, 4) is 0 Å². The standard InChI is InChI=1S/C11H18F2N4/c12-11(13)17-6-4-15-10(17)8-16-5-2-1-3-9(16)7-14/h4,6,9,11H,1-3,5,7-8,14H2. The maximum atomic E-state index is 12.7. The van der Waals surface area contributed by atoms with Crippen LogP contribution in [0.4, 0.5) is 8.78 Å². The molecule has 1 aromatic rings.